The van der Waals surface area contributed by atoms with E-state index in [0.29, 0.717) is 0 Å². The number of carbonyl (C=O) groups is 1. The van der Waals surface area contributed by atoms with Gasteiger partial charge in [-0.05, 0) is 30.4 Å². The van der Waals surface area contributed by atoms with Crippen LogP contribution >= 0.6 is 12.4 Å². The molecule has 0 radical (unpaired) electrons. The number of benzene rings is 1. The van der Waals surface area contributed by atoms with Gasteiger partial charge < -0.3 is 5.11 Å². The van der Waals surface area contributed by atoms with Crippen LogP contribution in [0.25, 0.3) is 6.08 Å². The SMILES string of the molecule is C=Cc1ccc(CCCCCC(=O)O)cc1.Cl. The van der Waals surface area contributed by atoms with E-state index < -0.39 is 5.97 Å². The van der Waals surface area contributed by atoms with Crippen LogP contribution in [0.4, 0.5) is 0 Å². The van der Waals surface area contributed by atoms with E-state index in [1.165, 1.54) is 5.56 Å². The number of hydrogen-bond donors (Lipinski definition) is 1. The van der Waals surface area contributed by atoms with Crippen molar-refractivity contribution in [3.05, 3.63) is 42.0 Å². The van der Waals surface area contributed by atoms with Gasteiger partial charge in [-0.25, -0.2) is 0 Å². The first kappa shape index (κ1) is 15.7. The monoisotopic (exact) mass is 254 g/mol. The smallest absolute Gasteiger partial charge is 0.303 e. The molecule has 0 bridgehead atoms. The minimum Gasteiger partial charge on any atom is -0.481 e. The van der Waals surface area contributed by atoms with E-state index in [0.717, 1.165) is 31.2 Å². The first-order valence-electron chi connectivity index (χ1n) is 5.65. The van der Waals surface area contributed by atoms with Crippen LogP contribution in [0.1, 0.15) is 36.8 Å². The third-order valence-corrected chi connectivity index (χ3v) is 2.57. The topological polar surface area (TPSA) is 37.3 Å². The first-order valence-corrected chi connectivity index (χ1v) is 5.65. The van der Waals surface area contributed by atoms with E-state index >= 15 is 0 Å². The summed E-state index contributed by atoms with van der Waals surface area (Å²) in [5.74, 6) is -0.699. The lowest BCUT2D eigenvalue weighted by Gasteiger charge is -2.01. The molecule has 0 unspecified atom stereocenters. The van der Waals surface area contributed by atoms with Crippen LogP contribution in [0.3, 0.4) is 0 Å². The fourth-order valence-corrected chi connectivity index (χ4v) is 1.60. The van der Waals surface area contributed by atoms with Crippen LogP contribution < -0.4 is 0 Å². The summed E-state index contributed by atoms with van der Waals surface area (Å²) in [5.41, 5.74) is 2.44. The number of aliphatic carboxylic acids is 1. The standard InChI is InChI=1S/C14H18O2.ClH/c1-2-12-8-10-13(11-9-12)6-4-3-5-7-14(15)16;/h2,8-11H,1,3-7H2,(H,15,16);1H. The molecule has 0 fully saturated rings. The van der Waals surface area contributed by atoms with Crippen molar-refractivity contribution in [2.45, 2.75) is 32.1 Å². The van der Waals surface area contributed by atoms with Crippen molar-refractivity contribution >= 4 is 24.5 Å². The summed E-state index contributed by atoms with van der Waals surface area (Å²) in [4.78, 5) is 10.3. The molecule has 1 aromatic carbocycles. The summed E-state index contributed by atoms with van der Waals surface area (Å²) in [7, 11) is 0. The van der Waals surface area contributed by atoms with Crippen LogP contribution in [0, 0.1) is 0 Å². The van der Waals surface area contributed by atoms with Gasteiger partial charge in [0.05, 0.1) is 0 Å². The van der Waals surface area contributed by atoms with Gasteiger partial charge in [0, 0.05) is 6.42 Å². The Hall–Kier alpha value is -1.28. The number of carboxylic acids is 1. The number of carboxylic acid groups (broad SMARTS) is 1. The molecule has 17 heavy (non-hydrogen) atoms. The molecule has 0 saturated carbocycles. The van der Waals surface area contributed by atoms with Gasteiger partial charge in [-0.3, -0.25) is 4.79 Å². The van der Waals surface area contributed by atoms with E-state index in [4.69, 9.17) is 5.11 Å². The number of aryl methyl sites for hydroxylation is 1. The number of unbranched alkanes of at least 4 members (excludes halogenated alkanes) is 2. The average Bonchev–Trinajstić information content (AvgIpc) is 2.29. The van der Waals surface area contributed by atoms with Gasteiger partial charge in [0.15, 0.2) is 0 Å². The zero-order chi connectivity index (χ0) is 11.8. The molecule has 0 aliphatic rings. The van der Waals surface area contributed by atoms with Gasteiger partial charge in [0.1, 0.15) is 0 Å². The average molecular weight is 255 g/mol. The molecular weight excluding hydrogens is 236 g/mol. The number of halogens is 1. The van der Waals surface area contributed by atoms with Crippen molar-refractivity contribution < 1.29 is 9.90 Å². The Morgan fingerprint density at radius 3 is 2.35 bits per heavy atom. The second-order valence-corrected chi connectivity index (χ2v) is 3.90. The Balaban J connectivity index is 0.00000256. The first-order chi connectivity index (χ1) is 7.72. The van der Waals surface area contributed by atoms with Crippen molar-refractivity contribution in [1.29, 1.82) is 0 Å². The van der Waals surface area contributed by atoms with Crippen molar-refractivity contribution in [2.75, 3.05) is 0 Å². The summed E-state index contributed by atoms with van der Waals surface area (Å²) in [6.45, 7) is 3.71. The van der Waals surface area contributed by atoms with Crippen LogP contribution in [-0.4, -0.2) is 11.1 Å². The Bertz CT molecular complexity index is 344. The predicted octanol–water partition coefficient (Wildman–Crippen LogP) is 3.94. The Morgan fingerprint density at radius 2 is 1.82 bits per heavy atom. The number of rotatable bonds is 7. The lowest BCUT2D eigenvalue weighted by atomic mass is 10.0. The largest absolute Gasteiger partial charge is 0.481 e. The molecule has 94 valence electrons. The molecule has 0 aliphatic carbocycles. The zero-order valence-electron chi connectivity index (χ0n) is 9.89. The Morgan fingerprint density at radius 1 is 1.18 bits per heavy atom. The highest BCUT2D eigenvalue weighted by Gasteiger charge is 1.97. The van der Waals surface area contributed by atoms with Crippen molar-refractivity contribution in [3.8, 4) is 0 Å². The molecule has 1 aromatic rings. The molecule has 0 aliphatic heterocycles. The molecule has 1 N–H and O–H groups in total. The maximum atomic E-state index is 10.3. The summed E-state index contributed by atoms with van der Waals surface area (Å²) >= 11 is 0. The molecule has 0 spiro atoms. The van der Waals surface area contributed by atoms with E-state index in [1.54, 1.807) is 0 Å². The predicted molar refractivity (Wildman–Crippen MR) is 73.6 cm³/mol. The van der Waals surface area contributed by atoms with Gasteiger partial charge in [-0.2, -0.15) is 0 Å². The van der Waals surface area contributed by atoms with Crippen molar-refractivity contribution in [2.24, 2.45) is 0 Å². The third kappa shape index (κ3) is 6.80. The lowest BCUT2D eigenvalue weighted by Crippen LogP contribution is -1.94. The summed E-state index contributed by atoms with van der Waals surface area (Å²) < 4.78 is 0. The fourth-order valence-electron chi connectivity index (χ4n) is 1.60. The Labute approximate surface area is 109 Å². The van der Waals surface area contributed by atoms with E-state index in [1.807, 2.05) is 6.08 Å². The molecule has 2 nitrogen and oxygen atoms in total. The second kappa shape index (κ2) is 8.82. The van der Waals surface area contributed by atoms with Crippen molar-refractivity contribution in [3.63, 3.8) is 0 Å². The van der Waals surface area contributed by atoms with Crippen LogP contribution in [0.5, 0.6) is 0 Å². The summed E-state index contributed by atoms with van der Waals surface area (Å²) in [5, 5.41) is 8.48. The minimum atomic E-state index is -0.699. The lowest BCUT2D eigenvalue weighted by molar-refractivity contribution is -0.137. The highest BCUT2D eigenvalue weighted by Crippen LogP contribution is 2.10. The summed E-state index contributed by atoms with van der Waals surface area (Å²) in [6, 6.07) is 8.32. The van der Waals surface area contributed by atoms with Crippen LogP contribution in [0.2, 0.25) is 0 Å². The Kier molecular flexibility index (Phi) is 8.16. The van der Waals surface area contributed by atoms with E-state index in [-0.39, 0.29) is 18.8 Å². The molecule has 0 heterocycles. The van der Waals surface area contributed by atoms with E-state index in [9.17, 15) is 4.79 Å². The normalized spacial score (nSPS) is 9.41. The van der Waals surface area contributed by atoms with E-state index in [2.05, 4.69) is 30.8 Å². The highest BCUT2D eigenvalue weighted by atomic mass is 35.5. The molecular formula is C14H19ClO2. The number of hydrogen-bond acceptors (Lipinski definition) is 1. The molecule has 1 rings (SSSR count). The van der Waals surface area contributed by atoms with Gasteiger partial charge >= 0.3 is 5.97 Å². The molecule has 0 amide bonds. The highest BCUT2D eigenvalue weighted by molar-refractivity contribution is 5.85. The molecule has 0 saturated heterocycles. The quantitative estimate of drug-likeness (QED) is 0.749. The van der Waals surface area contributed by atoms with Crippen LogP contribution in [0.15, 0.2) is 30.8 Å². The second-order valence-electron chi connectivity index (χ2n) is 3.90. The third-order valence-electron chi connectivity index (χ3n) is 2.57. The van der Waals surface area contributed by atoms with Gasteiger partial charge in [-0.1, -0.05) is 43.3 Å². The minimum absolute atomic E-state index is 0. The van der Waals surface area contributed by atoms with Gasteiger partial charge in [0.2, 0.25) is 0 Å². The summed E-state index contributed by atoms with van der Waals surface area (Å²) in [6.07, 6.45) is 5.96. The van der Waals surface area contributed by atoms with Gasteiger partial charge in [0.25, 0.3) is 0 Å². The fraction of sp³-hybridized carbons (Fsp3) is 0.357. The van der Waals surface area contributed by atoms with Crippen LogP contribution in [-0.2, 0) is 11.2 Å². The molecule has 0 aromatic heterocycles. The molecule has 0 atom stereocenters. The zero-order valence-corrected chi connectivity index (χ0v) is 10.7. The maximum absolute atomic E-state index is 10.3. The molecule has 3 heteroatoms. The van der Waals surface area contributed by atoms with Gasteiger partial charge in [-0.15, -0.1) is 12.4 Å². The maximum Gasteiger partial charge on any atom is 0.303 e. The van der Waals surface area contributed by atoms with Crippen molar-refractivity contribution in [1.82, 2.24) is 0 Å².